The van der Waals surface area contributed by atoms with Crippen LogP contribution in [0.4, 0.5) is 0 Å². The number of aliphatic hydroxyl groups excluding tert-OH is 1. The van der Waals surface area contributed by atoms with Crippen molar-refractivity contribution in [2.24, 2.45) is 0 Å². The molecule has 78 valence electrons. The first-order valence-electron chi connectivity index (χ1n) is 5.04. The van der Waals surface area contributed by atoms with Crippen LogP contribution in [0.3, 0.4) is 0 Å². The number of aliphatic hydroxyl groups is 1. The Labute approximate surface area is 83.1 Å². The van der Waals surface area contributed by atoms with Crippen molar-refractivity contribution in [3.05, 3.63) is 11.8 Å². The fourth-order valence-electron chi connectivity index (χ4n) is 0.895. The number of hydrogen-bond acceptors (Lipinski definition) is 2. The highest BCUT2D eigenvalue weighted by Crippen LogP contribution is 2.02. The van der Waals surface area contributed by atoms with Crippen molar-refractivity contribution in [1.82, 2.24) is 5.32 Å². The third kappa shape index (κ3) is 9.79. The second kappa shape index (κ2) is 6.35. The molecular formula is C10H23NOSi. The molecule has 1 atom stereocenters. The molecule has 0 rings (SSSR count). The molecule has 0 radical (unpaired) electrons. The van der Waals surface area contributed by atoms with Crippen LogP contribution >= 0.6 is 0 Å². The summed E-state index contributed by atoms with van der Waals surface area (Å²) in [6.07, 6.45) is 2.72. The molecule has 1 unspecified atom stereocenters. The quantitative estimate of drug-likeness (QED) is 0.507. The van der Waals surface area contributed by atoms with Gasteiger partial charge in [-0.15, -0.1) is 0 Å². The van der Waals surface area contributed by atoms with Gasteiger partial charge in [-0.05, 0) is 13.0 Å². The van der Waals surface area contributed by atoms with Crippen LogP contribution in [0, 0.1) is 0 Å². The van der Waals surface area contributed by atoms with Gasteiger partial charge in [-0.1, -0.05) is 38.3 Å². The van der Waals surface area contributed by atoms with E-state index in [0.717, 1.165) is 13.0 Å². The average Bonchev–Trinajstić information content (AvgIpc) is 2.00. The van der Waals surface area contributed by atoms with E-state index in [1.54, 1.807) is 0 Å². The van der Waals surface area contributed by atoms with Gasteiger partial charge in [0.15, 0.2) is 0 Å². The summed E-state index contributed by atoms with van der Waals surface area (Å²) in [7, 11) is -1.14. The third-order valence-corrected chi connectivity index (χ3v) is 2.79. The lowest BCUT2D eigenvalue weighted by Gasteiger charge is -2.11. The smallest absolute Gasteiger partial charge is 0.0841 e. The molecule has 0 amide bonds. The second-order valence-electron chi connectivity index (χ2n) is 4.50. The van der Waals surface area contributed by atoms with E-state index in [4.69, 9.17) is 0 Å². The van der Waals surface area contributed by atoms with Crippen LogP contribution in [-0.4, -0.2) is 32.4 Å². The van der Waals surface area contributed by atoms with Crippen LogP contribution in [0.2, 0.25) is 19.6 Å². The maximum Gasteiger partial charge on any atom is 0.0841 e. The molecule has 0 aromatic carbocycles. The molecule has 13 heavy (non-hydrogen) atoms. The highest BCUT2D eigenvalue weighted by Gasteiger charge is 2.08. The molecule has 0 aliphatic carbocycles. The number of hydrogen-bond donors (Lipinski definition) is 2. The minimum absolute atomic E-state index is 0.321. The molecular weight excluding hydrogens is 178 g/mol. The molecule has 0 aliphatic rings. The zero-order chi connectivity index (χ0) is 10.3. The first-order chi connectivity index (χ1) is 5.95. The summed E-state index contributed by atoms with van der Waals surface area (Å²) in [5.41, 5.74) is 2.19. The first kappa shape index (κ1) is 12.9. The minimum Gasteiger partial charge on any atom is -0.388 e. The Balaban J connectivity index is 3.61. The number of rotatable bonds is 6. The van der Waals surface area contributed by atoms with Crippen molar-refractivity contribution < 1.29 is 5.11 Å². The Morgan fingerprint density at radius 1 is 1.38 bits per heavy atom. The van der Waals surface area contributed by atoms with Gasteiger partial charge in [0.1, 0.15) is 0 Å². The van der Waals surface area contributed by atoms with Gasteiger partial charge in [-0.2, -0.15) is 0 Å². The van der Waals surface area contributed by atoms with Gasteiger partial charge in [-0.3, -0.25) is 0 Å². The Hall–Kier alpha value is -0.123. The van der Waals surface area contributed by atoms with Gasteiger partial charge in [-0.25, -0.2) is 0 Å². The van der Waals surface area contributed by atoms with Crippen molar-refractivity contribution in [1.29, 1.82) is 0 Å². The van der Waals surface area contributed by atoms with Crippen LogP contribution in [0.5, 0.6) is 0 Å². The zero-order valence-electron chi connectivity index (χ0n) is 9.30. The van der Waals surface area contributed by atoms with Crippen molar-refractivity contribution in [2.75, 3.05) is 13.1 Å². The Kier molecular flexibility index (Phi) is 6.29. The molecule has 0 heterocycles. The average molecular weight is 201 g/mol. The standard InChI is InChI=1S/C10H23NOSi/c1-5-7-11-9-10(12)6-8-13(2,3)4/h6,8,10-12H,5,7,9H2,1-4H3/b8-6+. The molecule has 0 bridgehead atoms. The molecule has 0 aromatic heterocycles. The van der Waals surface area contributed by atoms with Crippen molar-refractivity contribution >= 4 is 8.07 Å². The van der Waals surface area contributed by atoms with Crippen molar-refractivity contribution in [3.8, 4) is 0 Å². The Bertz CT molecular complexity index is 151. The summed E-state index contributed by atoms with van der Waals surface area (Å²) < 4.78 is 0. The van der Waals surface area contributed by atoms with E-state index in [0.29, 0.717) is 6.54 Å². The van der Waals surface area contributed by atoms with E-state index in [1.807, 2.05) is 6.08 Å². The lowest BCUT2D eigenvalue weighted by atomic mass is 10.3. The third-order valence-electron chi connectivity index (χ3n) is 1.60. The predicted octanol–water partition coefficient (Wildman–Crippen LogP) is 1.78. The Morgan fingerprint density at radius 2 is 2.00 bits per heavy atom. The van der Waals surface area contributed by atoms with E-state index in [-0.39, 0.29) is 6.10 Å². The lowest BCUT2D eigenvalue weighted by molar-refractivity contribution is 0.219. The van der Waals surface area contributed by atoms with Gasteiger partial charge in [0.05, 0.1) is 14.2 Å². The van der Waals surface area contributed by atoms with E-state index in [2.05, 4.69) is 37.6 Å². The van der Waals surface area contributed by atoms with Gasteiger partial charge in [0, 0.05) is 6.54 Å². The van der Waals surface area contributed by atoms with E-state index >= 15 is 0 Å². The highest BCUT2D eigenvalue weighted by atomic mass is 28.3. The largest absolute Gasteiger partial charge is 0.388 e. The molecule has 0 saturated heterocycles. The molecule has 0 aromatic rings. The fraction of sp³-hybridized carbons (Fsp3) is 0.800. The first-order valence-corrected chi connectivity index (χ1v) is 8.61. The van der Waals surface area contributed by atoms with Gasteiger partial charge >= 0.3 is 0 Å². The fourth-order valence-corrected chi connectivity index (χ4v) is 1.69. The topological polar surface area (TPSA) is 32.3 Å². The van der Waals surface area contributed by atoms with Gasteiger partial charge in [0.2, 0.25) is 0 Å². The summed E-state index contributed by atoms with van der Waals surface area (Å²) >= 11 is 0. The van der Waals surface area contributed by atoms with Crippen LogP contribution < -0.4 is 5.32 Å². The molecule has 3 heteroatoms. The normalized spacial score (nSPS) is 15.2. The maximum absolute atomic E-state index is 9.51. The van der Waals surface area contributed by atoms with Gasteiger partial charge in [0.25, 0.3) is 0 Å². The number of nitrogens with one attached hydrogen (secondary N) is 1. The van der Waals surface area contributed by atoms with Crippen molar-refractivity contribution in [2.45, 2.75) is 39.1 Å². The van der Waals surface area contributed by atoms with Crippen LogP contribution in [0.25, 0.3) is 0 Å². The summed E-state index contributed by atoms with van der Waals surface area (Å²) in [5, 5.41) is 12.7. The van der Waals surface area contributed by atoms with Crippen LogP contribution in [-0.2, 0) is 0 Å². The monoisotopic (exact) mass is 201 g/mol. The molecule has 2 N–H and O–H groups in total. The maximum atomic E-state index is 9.51. The second-order valence-corrected chi connectivity index (χ2v) is 9.56. The molecule has 0 spiro atoms. The Morgan fingerprint density at radius 3 is 2.46 bits per heavy atom. The van der Waals surface area contributed by atoms with E-state index in [9.17, 15) is 5.11 Å². The molecule has 0 saturated carbocycles. The molecule has 0 fully saturated rings. The zero-order valence-corrected chi connectivity index (χ0v) is 10.3. The molecule has 0 aliphatic heterocycles. The highest BCUT2D eigenvalue weighted by molar-refractivity contribution is 6.80. The minimum atomic E-state index is -1.14. The summed E-state index contributed by atoms with van der Waals surface area (Å²) in [4.78, 5) is 0. The van der Waals surface area contributed by atoms with Crippen LogP contribution in [0.15, 0.2) is 11.8 Å². The molecule has 2 nitrogen and oxygen atoms in total. The summed E-state index contributed by atoms with van der Waals surface area (Å²) in [6.45, 7) is 10.6. The predicted molar refractivity (Wildman–Crippen MR) is 61.7 cm³/mol. The van der Waals surface area contributed by atoms with E-state index < -0.39 is 8.07 Å². The summed E-state index contributed by atoms with van der Waals surface area (Å²) in [6, 6.07) is 0. The lowest BCUT2D eigenvalue weighted by Crippen LogP contribution is -2.27. The van der Waals surface area contributed by atoms with Crippen molar-refractivity contribution in [3.63, 3.8) is 0 Å². The van der Waals surface area contributed by atoms with Crippen LogP contribution in [0.1, 0.15) is 13.3 Å². The van der Waals surface area contributed by atoms with E-state index in [1.165, 1.54) is 0 Å². The summed E-state index contributed by atoms with van der Waals surface area (Å²) in [5.74, 6) is 0. The van der Waals surface area contributed by atoms with Gasteiger partial charge < -0.3 is 10.4 Å². The SMILES string of the molecule is CCCNCC(O)/C=C/[Si](C)(C)C.